The van der Waals surface area contributed by atoms with Crippen LogP contribution in [0.1, 0.15) is 48.5 Å². The van der Waals surface area contributed by atoms with Crippen molar-refractivity contribution in [1.29, 1.82) is 0 Å². The van der Waals surface area contributed by atoms with Crippen molar-refractivity contribution in [2.75, 3.05) is 18.4 Å². The van der Waals surface area contributed by atoms with Crippen LogP contribution in [-0.4, -0.2) is 19.0 Å². The van der Waals surface area contributed by atoms with Crippen LogP contribution in [0.3, 0.4) is 0 Å². The van der Waals surface area contributed by atoms with E-state index in [2.05, 4.69) is 17.6 Å². The predicted octanol–water partition coefficient (Wildman–Crippen LogP) is 3.35. The SMILES string of the molecule is CCCNc1ccc(C(=O)NCCC2CC2)cc1C. The molecule has 0 saturated heterocycles. The third-order valence-electron chi connectivity index (χ3n) is 3.59. The summed E-state index contributed by atoms with van der Waals surface area (Å²) in [6.45, 7) is 5.95. The zero-order valence-corrected chi connectivity index (χ0v) is 12.0. The Kier molecular flexibility index (Phi) is 4.83. The number of anilines is 1. The molecule has 0 aromatic heterocycles. The molecular weight excluding hydrogens is 236 g/mol. The van der Waals surface area contributed by atoms with Gasteiger partial charge in [0.25, 0.3) is 5.91 Å². The molecule has 1 aromatic carbocycles. The Balaban J connectivity index is 1.87. The van der Waals surface area contributed by atoms with E-state index in [1.54, 1.807) is 0 Å². The second-order valence-electron chi connectivity index (χ2n) is 5.44. The fourth-order valence-corrected chi connectivity index (χ4v) is 2.16. The average Bonchev–Trinajstić information content (AvgIpc) is 3.21. The molecule has 1 aliphatic rings. The van der Waals surface area contributed by atoms with Crippen molar-refractivity contribution in [3.8, 4) is 0 Å². The van der Waals surface area contributed by atoms with Gasteiger partial charge in [0, 0.05) is 24.3 Å². The summed E-state index contributed by atoms with van der Waals surface area (Å²) in [4.78, 5) is 12.0. The number of amides is 1. The van der Waals surface area contributed by atoms with E-state index in [9.17, 15) is 4.79 Å². The fourth-order valence-electron chi connectivity index (χ4n) is 2.16. The quantitative estimate of drug-likeness (QED) is 0.789. The number of benzene rings is 1. The number of hydrogen-bond donors (Lipinski definition) is 2. The molecule has 3 heteroatoms. The van der Waals surface area contributed by atoms with E-state index in [-0.39, 0.29) is 5.91 Å². The summed E-state index contributed by atoms with van der Waals surface area (Å²) in [6.07, 6.45) is 4.91. The van der Waals surface area contributed by atoms with E-state index < -0.39 is 0 Å². The van der Waals surface area contributed by atoms with Gasteiger partial charge in [-0.2, -0.15) is 0 Å². The third kappa shape index (κ3) is 4.27. The van der Waals surface area contributed by atoms with Crippen LogP contribution < -0.4 is 10.6 Å². The first-order valence-corrected chi connectivity index (χ1v) is 7.33. The molecule has 0 spiro atoms. The van der Waals surface area contributed by atoms with Gasteiger partial charge in [-0.15, -0.1) is 0 Å². The Labute approximate surface area is 115 Å². The van der Waals surface area contributed by atoms with Gasteiger partial charge >= 0.3 is 0 Å². The Morgan fingerprint density at radius 3 is 2.74 bits per heavy atom. The molecule has 0 atom stereocenters. The van der Waals surface area contributed by atoms with E-state index in [4.69, 9.17) is 0 Å². The first-order valence-electron chi connectivity index (χ1n) is 7.33. The molecule has 0 unspecified atom stereocenters. The molecule has 1 aromatic rings. The Bertz CT molecular complexity index is 438. The molecule has 2 N–H and O–H groups in total. The van der Waals surface area contributed by atoms with Crippen LogP contribution in [0.4, 0.5) is 5.69 Å². The monoisotopic (exact) mass is 260 g/mol. The molecule has 0 radical (unpaired) electrons. The second kappa shape index (κ2) is 6.60. The molecule has 1 aliphatic carbocycles. The van der Waals surface area contributed by atoms with Crippen LogP contribution in [0.25, 0.3) is 0 Å². The lowest BCUT2D eigenvalue weighted by atomic mass is 10.1. The maximum absolute atomic E-state index is 12.0. The van der Waals surface area contributed by atoms with Gasteiger partial charge in [0.2, 0.25) is 0 Å². The van der Waals surface area contributed by atoms with Crippen molar-refractivity contribution < 1.29 is 4.79 Å². The lowest BCUT2D eigenvalue weighted by Crippen LogP contribution is -2.24. The minimum absolute atomic E-state index is 0.0470. The highest BCUT2D eigenvalue weighted by Gasteiger charge is 2.20. The molecule has 1 fully saturated rings. The molecular formula is C16H24N2O. The minimum Gasteiger partial charge on any atom is -0.385 e. The lowest BCUT2D eigenvalue weighted by Gasteiger charge is -2.10. The third-order valence-corrected chi connectivity index (χ3v) is 3.59. The van der Waals surface area contributed by atoms with Gasteiger partial charge in [-0.05, 0) is 49.4 Å². The van der Waals surface area contributed by atoms with Gasteiger partial charge < -0.3 is 10.6 Å². The number of rotatable bonds is 7. The van der Waals surface area contributed by atoms with E-state index in [1.807, 2.05) is 25.1 Å². The molecule has 1 amide bonds. The number of nitrogens with one attached hydrogen (secondary N) is 2. The summed E-state index contributed by atoms with van der Waals surface area (Å²) in [5.41, 5.74) is 3.01. The average molecular weight is 260 g/mol. The zero-order chi connectivity index (χ0) is 13.7. The van der Waals surface area contributed by atoms with Gasteiger partial charge in [0.1, 0.15) is 0 Å². The predicted molar refractivity (Wildman–Crippen MR) is 79.6 cm³/mol. The largest absolute Gasteiger partial charge is 0.385 e. The van der Waals surface area contributed by atoms with Gasteiger partial charge in [0.15, 0.2) is 0 Å². The maximum Gasteiger partial charge on any atom is 0.251 e. The van der Waals surface area contributed by atoms with Gasteiger partial charge in [-0.25, -0.2) is 0 Å². The standard InChI is InChI=1S/C16H24N2O/c1-3-9-17-15-7-6-14(11-12(15)2)16(19)18-10-8-13-4-5-13/h6-7,11,13,17H,3-5,8-10H2,1-2H3,(H,18,19). The Hall–Kier alpha value is -1.51. The Morgan fingerprint density at radius 1 is 1.32 bits per heavy atom. The van der Waals surface area contributed by atoms with Crippen molar-refractivity contribution in [2.24, 2.45) is 5.92 Å². The highest BCUT2D eigenvalue weighted by atomic mass is 16.1. The van der Waals surface area contributed by atoms with Crippen molar-refractivity contribution >= 4 is 11.6 Å². The molecule has 0 heterocycles. The van der Waals surface area contributed by atoms with Crippen LogP contribution >= 0.6 is 0 Å². The van der Waals surface area contributed by atoms with Gasteiger partial charge in [-0.1, -0.05) is 19.8 Å². The lowest BCUT2D eigenvalue weighted by molar-refractivity contribution is 0.0952. The number of carbonyl (C=O) groups is 1. The smallest absolute Gasteiger partial charge is 0.251 e. The highest BCUT2D eigenvalue weighted by molar-refractivity contribution is 5.94. The van der Waals surface area contributed by atoms with Crippen molar-refractivity contribution in [3.05, 3.63) is 29.3 Å². The molecule has 19 heavy (non-hydrogen) atoms. The molecule has 0 aliphatic heterocycles. The van der Waals surface area contributed by atoms with E-state index in [1.165, 1.54) is 12.8 Å². The number of carbonyl (C=O) groups excluding carboxylic acids is 1. The highest BCUT2D eigenvalue weighted by Crippen LogP contribution is 2.31. The summed E-state index contributed by atoms with van der Waals surface area (Å²) in [7, 11) is 0. The second-order valence-corrected chi connectivity index (χ2v) is 5.44. The molecule has 2 rings (SSSR count). The van der Waals surface area contributed by atoms with E-state index in [0.717, 1.165) is 48.7 Å². The van der Waals surface area contributed by atoms with Crippen molar-refractivity contribution in [1.82, 2.24) is 5.32 Å². The van der Waals surface area contributed by atoms with Crippen LogP contribution in [0.5, 0.6) is 0 Å². The summed E-state index contributed by atoms with van der Waals surface area (Å²) in [5.74, 6) is 0.911. The van der Waals surface area contributed by atoms with Crippen molar-refractivity contribution in [3.63, 3.8) is 0 Å². The first-order chi connectivity index (χ1) is 9.20. The maximum atomic E-state index is 12.0. The van der Waals surface area contributed by atoms with Gasteiger partial charge in [0.05, 0.1) is 0 Å². The summed E-state index contributed by atoms with van der Waals surface area (Å²) in [6, 6.07) is 5.86. The Morgan fingerprint density at radius 2 is 2.11 bits per heavy atom. The van der Waals surface area contributed by atoms with Crippen LogP contribution in [0.2, 0.25) is 0 Å². The molecule has 0 bridgehead atoms. The minimum atomic E-state index is 0.0470. The van der Waals surface area contributed by atoms with E-state index in [0.29, 0.717) is 0 Å². The normalized spacial score (nSPS) is 14.2. The summed E-state index contributed by atoms with van der Waals surface area (Å²) >= 11 is 0. The van der Waals surface area contributed by atoms with Crippen LogP contribution in [-0.2, 0) is 0 Å². The first kappa shape index (κ1) is 13.9. The summed E-state index contributed by atoms with van der Waals surface area (Å²) in [5, 5.41) is 6.36. The molecule has 3 nitrogen and oxygen atoms in total. The molecule has 1 saturated carbocycles. The number of aryl methyl sites for hydroxylation is 1. The zero-order valence-electron chi connectivity index (χ0n) is 12.0. The topological polar surface area (TPSA) is 41.1 Å². The van der Waals surface area contributed by atoms with Crippen LogP contribution in [0, 0.1) is 12.8 Å². The summed E-state index contributed by atoms with van der Waals surface area (Å²) < 4.78 is 0. The molecule has 104 valence electrons. The van der Waals surface area contributed by atoms with Gasteiger partial charge in [-0.3, -0.25) is 4.79 Å². The fraction of sp³-hybridized carbons (Fsp3) is 0.562. The van der Waals surface area contributed by atoms with Crippen LogP contribution in [0.15, 0.2) is 18.2 Å². The van der Waals surface area contributed by atoms with E-state index >= 15 is 0 Å². The number of hydrogen-bond acceptors (Lipinski definition) is 2. The van der Waals surface area contributed by atoms with Crippen molar-refractivity contribution in [2.45, 2.75) is 39.5 Å².